The first-order valence-electron chi connectivity index (χ1n) is 30.9. The van der Waals surface area contributed by atoms with Gasteiger partial charge in [-0.15, -0.1) is 0 Å². The van der Waals surface area contributed by atoms with E-state index in [0.717, 1.165) is 38.5 Å². The summed E-state index contributed by atoms with van der Waals surface area (Å²) >= 11 is 0. The Bertz CT molecular complexity index is 1090. The molecule has 0 aromatic rings. The summed E-state index contributed by atoms with van der Waals surface area (Å²) in [5.41, 5.74) is 0. The van der Waals surface area contributed by atoms with Crippen molar-refractivity contribution in [1.82, 2.24) is 5.32 Å². The number of aliphatic hydroxyl groups is 1. The number of hydrogen-bond acceptors (Lipinski definition) is 5. The first-order valence-corrected chi connectivity index (χ1v) is 32.4. The summed E-state index contributed by atoms with van der Waals surface area (Å²) in [6, 6.07) is -0.756. The number of phosphoric acid groups is 1. The number of nitrogens with zero attached hydrogens (tertiary/aromatic N) is 1. The molecule has 1 amide bonds. The molecule has 0 saturated carbocycles. The standard InChI is InChI=1S/C60H123N2O6P/c1-6-8-10-12-14-16-18-20-22-24-26-28-30-31-32-33-35-37-39-41-43-45-47-49-51-53-59(63)58(57-68-69(65,66)67-56-55-62(3,4)5)61-60(64)54-52-50-48-46-44-42-40-38-36-34-29-27-25-23-21-19-17-15-13-11-9-7-2/h58-59,63H,6-57H2,1-5H3,(H-,61,64,65,66)/p+1. The largest absolute Gasteiger partial charge is 0.472 e. The molecule has 69 heavy (non-hydrogen) atoms. The monoisotopic (exact) mass is 1000 g/mol. The van der Waals surface area contributed by atoms with Crippen molar-refractivity contribution in [3.05, 3.63) is 0 Å². The number of aliphatic hydroxyl groups excluding tert-OH is 1. The molecule has 0 saturated heterocycles. The van der Waals surface area contributed by atoms with Gasteiger partial charge in [0.05, 0.1) is 39.9 Å². The van der Waals surface area contributed by atoms with Crippen molar-refractivity contribution in [3.63, 3.8) is 0 Å². The summed E-state index contributed by atoms with van der Waals surface area (Å²) in [4.78, 5) is 23.4. The molecule has 0 spiro atoms. The van der Waals surface area contributed by atoms with E-state index in [1.54, 1.807) is 0 Å². The van der Waals surface area contributed by atoms with Crippen LogP contribution in [0, 0.1) is 0 Å². The van der Waals surface area contributed by atoms with Crippen LogP contribution in [0.1, 0.15) is 328 Å². The van der Waals surface area contributed by atoms with Crippen LogP contribution in [-0.4, -0.2) is 73.4 Å². The van der Waals surface area contributed by atoms with Crippen molar-refractivity contribution in [2.45, 2.75) is 341 Å². The lowest BCUT2D eigenvalue weighted by molar-refractivity contribution is -0.870. The molecule has 3 N–H and O–H groups in total. The van der Waals surface area contributed by atoms with Gasteiger partial charge in [-0.25, -0.2) is 4.57 Å². The topological polar surface area (TPSA) is 105 Å². The van der Waals surface area contributed by atoms with E-state index in [9.17, 15) is 19.4 Å². The van der Waals surface area contributed by atoms with Gasteiger partial charge < -0.3 is 19.8 Å². The SMILES string of the molecule is CCCCCCCCCCCCCCCCCCCCCCCCCCCC(O)C(COP(=O)(O)OCC[N+](C)(C)C)NC(=O)CCCCCCCCCCCCCCCCCCCCCCCC. The summed E-state index contributed by atoms with van der Waals surface area (Å²) in [5.74, 6) is -0.135. The van der Waals surface area contributed by atoms with Crippen LogP contribution >= 0.6 is 7.82 Å². The summed E-state index contributed by atoms with van der Waals surface area (Å²) in [5, 5.41) is 14.1. The maximum absolute atomic E-state index is 13.0. The van der Waals surface area contributed by atoms with Crippen molar-refractivity contribution < 1.29 is 32.9 Å². The zero-order valence-electron chi connectivity index (χ0n) is 47.3. The Morgan fingerprint density at radius 2 is 0.696 bits per heavy atom. The van der Waals surface area contributed by atoms with Crippen molar-refractivity contribution >= 4 is 13.7 Å². The third kappa shape index (κ3) is 55.1. The number of hydrogen-bond donors (Lipinski definition) is 3. The molecule has 0 aromatic heterocycles. The fourth-order valence-electron chi connectivity index (χ4n) is 9.76. The molecule has 414 valence electrons. The Morgan fingerprint density at radius 1 is 0.435 bits per heavy atom. The minimum absolute atomic E-state index is 0.0793. The van der Waals surface area contributed by atoms with Gasteiger partial charge in [0.15, 0.2) is 0 Å². The molecule has 0 radical (unpaired) electrons. The van der Waals surface area contributed by atoms with Gasteiger partial charge in [-0.2, -0.15) is 0 Å². The van der Waals surface area contributed by atoms with E-state index in [1.165, 1.54) is 263 Å². The fourth-order valence-corrected chi connectivity index (χ4v) is 10.5. The number of carbonyl (C=O) groups is 1. The lowest BCUT2D eigenvalue weighted by Gasteiger charge is -2.26. The normalized spacial score (nSPS) is 13.8. The minimum atomic E-state index is -4.32. The zero-order chi connectivity index (χ0) is 50.6. The molecule has 0 aromatic carbocycles. The first-order chi connectivity index (χ1) is 33.5. The van der Waals surface area contributed by atoms with Gasteiger partial charge in [0.2, 0.25) is 5.91 Å². The van der Waals surface area contributed by atoms with Gasteiger partial charge in [-0.1, -0.05) is 309 Å². The third-order valence-electron chi connectivity index (χ3n) is 14.6. The number of phosphoric ester groups is 1. The molecule has 0 aliphatic rings. The molecule has 8 nitrogen and oxygen atoms in total. The number of amides is 1. The summed E-state index contributed by atoms with van der Waals surface area (Å²) < 4.78 is 23.8. The number of quaternary nitrogens is 1. The first kappa shape index (κ1) is 68.5. The Balaban J connectivity index is 4.08. The van der Waals surface area contributed by atoms with E-state index in [2.05, 4.69) is 19.2 Å². The highest BCUT2D eigenvalue weighted by atomic mass is 31.2. The predicted molar refractivity (Wildman–Crippen MR) is 300 cm³/mol. The average molecular weight is 1000 g/mol. The Morgan fingerprint density at radius 3 is 0.971 bits per heavy atom. The zero-order valence-corrected chi connectivity index (χ0v) is 48.2. The number of likely N-dealkylation sites (N-methyl/N-ethyl adjacent to an activating group) is 1. The van der Waals surface area contributed by atoms with Crippen molar-refractivity contribution in [3.8, 4) is 0 Å². The average Bonchev–Trinajstić information content (AvgIpc) is 3.31. The molecule has 3 unspecified atom stereocenters. The highest BCUT2D eigenvalue weighted by molar-refractivity contribution is 7.47. The van der Waals surface area contributed by atoms with Crippen molar-refractivity contribution in [1.29, 1.82) is 0 Å². The van der Waals surface area contributed by atoms with Crippen LogP contribution in [0.5, 0.6) is 0 Å². The van der Waals surface area contributed by atoms with Gasteiger partial charge in [0.25, 0.3) is 0 Å². The molecule has 0 aliphatic heterocycles. The van der Waals surface area contributed by atoms with Crippen molar-refractivity contribution in [2.24, 2.45) is 0 Å². The second-order valence-corrected chi connectivity index (χ2v) is 24.3. The predicted octanol–water partition coefficient (Wildman–Crippen LogP) is 18.8. The van der Waals surface area contributed by atoms with Gasteiger partial charge in [-0.05, 0) is 12.8 Å². The van der Waals surface area contributed by atoms with Gasteiger partial charge in [0.1, 0.15) is 13.2 Å². The molecule has 0 aliphatic carbocycles. The molecule has 0 bridgehead atoms. The van der Waals surface area contributed by atoms with Crippen LogP contribution in [-0.2, 0) is 18.4 Å². The lowest BCUT2D eigenvalue weighted by atomic mass is 10.0. The second kappa shape index (κ2) is 52.4. The smallest absolute Gasteiger partial charge is 0.391 e. The van der Waals surface area contributed by atoms with Gasteiger partial charge in [0, 0.05) is 6.42 Å². The summed E-state index contributed by atoms with van der Waals surface area (Å²) in [7, 11) is 1.64. The van der Waals surface area contributed by atoms with Crippen molar-refractivity contribution in [2.75, 3.05) is 40.9 Å². The molecular weight excluding hydrogens is 876 g/mol. The maximum atomic E-state index is 13.0. The molecule has 0 heterocycles. The van der Waals surface area contributed by atoms with E-state index in [4.69, 9.17) is 9.05 Å². The van der Waals surface area contributed by atoms with Crippen LogP contribution in [0.2, 0.25) is 0 Å². The quantitative estimate of drug-likeness (QED) is 0.0318. The molecule has 0 fully saturated rings. The summed E-state index contributed by atoms with van der Waals surface area (Å²) in [6.45, 7) is 4.96. The van der Waals surface area contributed by atoms with Crippen LogP contribution in [0.3, 0.4) is 0 Å². The Labute approximate surface area is 431 Å². The van der Waals surface area contributed by atoms with Gasteiger partial charge in [-0.3, -0.25) is 13.8 Å². The number of carbonyl (C=O) groups excluding carboxylic acids is 1. The van der Waals surface area contributed by atoms with Crippen LogP contribution in [0.4, 0.5) is 0 Å². The van der Waals surface area contributed by atoms with E-state index >= 15 is 0 Å². The summed E-state index contributed by atoms with van der Waals surface area (Å²) in [6.07, 6.45) is 63.1. The Kier molecular flexibility index (Phi) is 52.0. The fraction of sp³-hybridized carbons (Fsp3) is 0.983. The molecule has 9 heteroatoms. The third-order valence-corrected chi connectivity index (χ3v) is 15.6. The second-order valence-electron chi connectivity index (χ2n) is 22.8. The number of unbranched alkanes of at least 4 members (excludes halogenated alkanes) is 45. The molecular formula is C60H124N2O6P+. The molecule has 0 rings (SSSR count). The van der Waals surface area contributed by atoms with Crippen LogP contribution < -0.4 is 5.32 Å². The minimum Gasteiger partial charge on any atom is -0.391 e. The number of rotatable bonds is 58. The number of nitrogens with one attached hydrogen (secondary N) is 1. The Hall–Kier alpha value is -0.500. The lowest BCUT2D eigenvalue weighted by Crippen LogP contribution is -2.46. The highest BCUT2D eigenvalue weighted by Crippen LogP contribution is 2.43. The van der Waals surface area contributed by atoms with E-state index in [1.807, 2.05) is 21.1 Å². The molecule has 3 atom stereocenters. The highest BCUT2D eigenvalue weighted by Gasteiger charge is 2.28. The van der Waals surface area contributed by atoms with E-state index in [-0.39, 0.29) is 19.1 Å². The maximum Gasteiger partial charge on any atom is 0.472 e. The van der Waals surface area contributed by atoms with E-state index < -0.39 is 20.0 Å². The van der Waals surface area contributed by atoms with Gasteiger partial charge >= 0.3 is 7.82 Å². The van der Waals surface area contributed by atoms with E-state index in [0.29, 0.717) is 23.9 Å². The van der Waals surface area contributed by atoms with Crippen LogP contribution in [0.15, 0.2) is 0 Å². The van der Waals surface area contributed by atoms with Crippen LogP contribution in [0.25, 0.3) is 0 Å².